The molecule has 2 amide bonds. The fraction of sp³-hybridized carbons (Fsp3) is 0.455. The number of aromatic nitrogens is 2. The average Bonchev–Trinajstić information content (AvgIpc) is 2.88. The SMILES string of the molecule is O=C1CNC(C(=O)NCCn2cnc(C(=O)O)c2)CN1. The fourth-order valence-corrected chi connectivity index (χ4v) is 1.78. The van der Waals surface area contributed by atoms with Crippen molar-refractivity contribution in [1.29, 1.82) is 0 Å². The minimum Gasteiger partial charge on any atom is -0.476 e. The molecule has 20 heavy (non-hydrogen) atoms. The van der Waals surface area contributed by atoms with Gasteiger partial charge in [0.2, 0.25) is 11.8 Å². The van der Waals surface area contributed by atoms with E-state index in [0.29, 0.717) is 13.1 Å². The Hall–Kier alpha value is -2.42. The van der Waals surface area contributed by atoms with E-state index in [0.717, 1.165) is 0 Å². The number of hydrogen-bond acceptors (Lipinski definition) is 5. The van der Waals surface area contributed by atoms with Crippen molar-refractivity contribution in [3.05, 3.63) is 18.2 Å². The summed E-state index contributed by atoms with van der Waals surface area (Å²) in [6.45, 7) is 1.16. The molecule has 1 aromatic heterocycles. The zero-order chi connectivity index (χ0) is 14.5. The van der Waals surface area contributed by atoms with Crippen LogP contribution in [0, 0.1) is 0 Å². The lowest BCUT2D eigenvalue weighted by Crippen LogP contribution is -2.58. The summed E-state index contributed by atoms with van der Waals surface area (Å²) in [5.74, 6) is -1.42. The number of hydrogen-bond donors (Lipinski definition) is 4. The predicted octanol–water partition coefficient (Wildman–Crippen LogP) is -2.21. The molecule has 1 aliphatic rings. The van der Waals surface area contributed by atoms with Gasteiger partial charge in [0, 0.05) is 25.8 Å². The van der Waals surface area contributed by atoms with Gasteiger partial charge >= 0.3 is 5.97 Å². The Labute approximate surface area is 114 Å². The van der Waals surface area contributed by atoms with Crippen molar-refractivity contribution in [2.24, 2.45) is 0 Å². The molecule has 0 spiro atoms. The molecule has 1 saturated heterocycles. The molecular formula is C11H15N5O4. The van der Waals surface area contributed by atoms with Crippen molar-refractivity contribution in [2.45, 2.75) is 12.6 Å². The van der Waals surface area contributed by atoms with Crippen LogP contribution in [-0.4, -0.2) is 58.1 Å². The molecule has 0 bridgehead atoms. The maximum Gasteiger partial charge on any atom is 0.356 e. The van der Waals surface area contributed by atoms with E-state index in [1.807, 2.05) is 0 Å². The number of carboxylic acids is 1. The first-order valence-electron chi connectivity index (χ1n) is 6.09. The van der Waals surface area contributed by atoms with E-state index in [4.69, 9.17) is 5.11 Å². The van der Waals surface area contributed by atoms with Gasteiger partial charge in [0.05, 0.1) is 12.9 Å². The molecule has 2 heterocycles. The maximum absolute atomic E-state index is 11.8. The second kappa shape index (κ2) is 6.15. The van der Waals surface area contributed by atoms with Crippen molar-refractivity contribution in [1.82, 2.24) is 25.5 Å². The number of imidazole rings is 1. The highest BCUT2D eigenvalue weighted by molar-refractivity contribution is 5.86. The molecule has 1 fully saturated rings. The van der Waals surface area contributed by atoms with Crippen LogP contribution < -0.4 is 16.0 Å². The van der Waals surface area contributed by atoms with Crippen molar-refractivity contribution in [2.75, 3.05) is 19.6 Å². The highest BCUT2D eigenvalue weighted by Crippen LogP contribution is 1.95. The van der Waals surface area contributed by atoms with Crippen LogP contribution in [0.2, 0.25) is 0 Å². The van der Waals surface area contributed by atoms with E-state index in [1.165, 1.54) is 12.5 Å². The van der Waals surface area contributed by atoms with Gasteiger partial charge in [-0.25, -0.2) is 9.78 Å². The normalized spacial score (nSPS) is 18.4. The smallest absolute Gasteiger partial charge is 0.356 e. The van der Waals surface area contributed by atoms with Crippen LogP contribution in [-0.2, 0) is 16.1 Å². The molecule has 1 aliphatic heterocycles. The summed E-state index contributed by atoms with van der Waals surface area (Å²) in [6, 6.07) is -0.440. The third kappa shape index (κ3) is 3.54. The van der Waals surface area contributed by atoms with Gasteiger partial charge in [0.1, 0.15) is 6.04 Å². The van der Waals surface area contributed by atoms with Gasteiger partial charge in [-0.3, -0.25) is 14.9 Å². The Bertz CT molecular complexity index is 517. The summed E-state index contributed by atoms with van der Waals surface area (Å²) in [5.41, 5.74) is -0.0343. The molecule has 0 radical (unpaired) electrons. The monoisotopic (exact) mass is 281 g/mol. The highest BCUT2D eigenvalue weighted by Gasteiger charge is 2.23. The lowest BCUT2D eigenvalue weighted by Gasteiger charge is -2.23. The van der Waals surface area contributed by atoms with Gasteiger partial charge in [-0.05, 0) is 0 Å². The van der Waals surface area contributed by atoms with Crippen molar-refractivity contribution in [3.63, 3.8) is 0 Å². The van der Waals surface area contributed by atoms with E-state index >= 15 is 0 Å². The second-order valence-electron chi connectivity index (χ2n) is 4.33. The molecule has 1 atom stereocenters. The molecule has 108 valence electrons. The summed E-state index contributed by atoms with van der Waals surface area (Å²) >= 11 is 0. The molecule has 0 saturated carbocycles. The van der Waals surface area contributed by atoms with Crippen molar-refractivity contribution < 1.29 is 19.5 Å². The Morgan fingerprint density at radius 3 is 2.95 bits per heavy atom. The van der Waals surface area contributed by atoms with Gasteiger partial charge in [0.25, 0.3) is 0 Å². The van der Waals surface area contributed by atoms with Gasteiger partial charge in [-0.1, -0.05) is 0 Å². The number of carbonyl (C=O) groups is 3. The first-order chi connectivity index (χ1) is 9.56. The third-order valence-electron chi connectivity index (χ3n) is 2.85. The van der Waals surface area contributed by atoms with Crippen molar-refractivity contribution >= 4 is 17.8 Å². The number of carbonyl (C=O) groups excluding carboxylic acids is 2. The second-order valence-corrected chi connectivity index (χ2v) is 4.33. The number of amides is 2. The van der Waals surface area contributed by atoms with E-state index < -0.39 is 12.0 Å². The molecular weight excluding hydrogens is 266 g/mol. The van der Waals surface area contributed by atoms with Gasteiger partial charge < -0.3 is 20.3 Å². The molecule has 2 rings (SSSR count). The quantitative estimate of drug-likeness (QED) is 0.485. The summed E-state index contributed by atoms with van der Waals surface area (Å²) in [6.07, 6.45) is 2.79. The topological polar surface area (TPSA) is 125 Å². The van der Waals surface area contributed by atoms with Crippen LogP contribution in [0.15, 0.2) is 12.5 Å². The molecule has 4 N–H and O–H groups in total. The van der Waals surface area contributed by atoms with Crippen molar-refractivity contribution in [3.8, 4) is 0 Å². The number of carboxylic acid groups (broad SMARTS) is 1. The van der Waals surface area contributed by atoms with Gasteiger partial charge in [0.15, 0.2) is 5.69 Å². The van der Waals surface area contributed by atoms with E-state index in [-0.39, 0.29) is 30.6 Å². The summed E-state index contributed by atoms with van der Waals surface area (Å²) in [7, 11) is 0. The van der Waals surface area contributed by atoms with Crippen LogP contribution >= 0.6 is 0 Å². The van der Waals surface area contributed by atoms with E-state index in [9.17, 15) is 14.4 Å². The number of nitrogens with zero attached hydrogens (tertiary/aromatic N) is 2. The first-order valence-corrected chi connectivity index (χ1v) is 6.09. The van der Waals surface area contributed by atoms with Crippen LogP contribution in [0.3, 0.4) is 0 Å². The molecule has 9 heteroatoms. The molecule has 1 unspecified atom stereocenters. The number of rotatable bonds is 5. The number of nitrogens with one attached hydrogen (secondary N) is 3. The Morgan fingerprint density at radius 2 is 2.35 bits per heavy atom. The number of aromatic carboxylic acids is 1. The highest BCUT2D eigenvalue weighted by atomic mass is 16.4. The zero-order valence-electron chi connectivity index (χ0n) is 10.6. The zero-order valence-corrected chi connectivity index (χ0v) is 10.6. The van der Waals surface area contributed by atoms with Crippen LogP contribution in [0.1, 0.15) is 10.5 Å². The molecule has 0 aromatic carbocycles. The minimum atomic E-state index is -1.09. The fourth-order valence-electron chi connectivity index (χ4n) is 1.78. The molecule has 0 aliphatic carbocycles. The molecule has 1 aromatic rings. The van der Waals surface area contributed by atoms with Crippen LogP contribution in [0.25, 0.3) is 0 Å². The summed E-state index contributed by atoms with van der Waals surface area (Å²) in [4.78, 5) is 37.0. The van der Waals surface area contributed by atoms with Gasteiger partial charge in [-0.15, -0.1) is 0 Å². The largest absolute Gasteiger partial charge is 0.476 e. The molecule has 9 nitrogen and oxygen atoms in total. The Balaban J connectivity index is 1.73. The Kier molecular flexibility index (Phi) is 4.31. The number of piperazine rings is 1. The summed E-state index contributed by atoms with van der Waals surface area (Å²) in [5, 5.41) is 16.8. The van der Waals surface area contributed by atoms with Crippen LogP contribution in [0.5, 0.6) is 0 Å². The van der Waals surface area contributed by atoms with Gasteiger partial charge in [-0.2, -0.15) is 0 Å². The average molecular weight is 281 g/mol. The predicted molar refractivity (Wildman–Crippen MR) is 67.0 cm³/mol. The Morgan fingerprint density at radius 1 is 1.55 bits per heavy atom. The van der Waals surface area contributed by atoms with E-state index in [1.54, 1.807) is 4.57 Å². The minimum absolute atomic E-state index is 0.0343. The van der Waals surface area contributed by atoms with E-state index in [2.05, 4.69) is 20.9 Å². The summed E-state index contributed by atoms with van der Waals surface area (Å²) < 4.78 is 1.58. The van der Waals surface area contributed by atoms with Crippen LogP contribution in [0.4, 0.5) is 0 Å². The standard InChI is InChI=1S/C11H15N5O4/c17-9-4-13-7(3-14-9)10(18)12-1-2-16-5-8(11(19)20)15-6-16/h5-7,13H,1-4H2,(H,12,18)(H,14,17)(H,19,20). The lowest BCUT2D eigenvalue weighted by molar-refractivity contribution is -0.126. The first kappa shape index (κ1) is 14.0. The maximum atomic E-state index is 11.8. The lowest BCUT2D eigenvalue weighted by atomic mass is 10.2. The third-order valence-corrected chi connectivity index (χ3v) is 2.85.